The van der Waals surface area contributed by atoms with Crippen molar-refractivity contribution in [2.24, 2.45) is 11.3 Å². The van der Waals surface area contributed by atoms with Crippen LogP contribution >= 0.6 is 0 Å². The van der Waals surface area contributed by atoms with Gasteiger partial charge in [-0.1, -0.05) is 92.7 Å². The Bertz CT molecular complexity index is 1840. The van der Waals surface area contributed by atoms with Gasteiger partial charge in [-0.15, -0.1) is 0 Å². The van der Waals surface area contributed by atoms with Gasteiger partial charge >= 0.3 is 0 Å². The van der Waals surface area contributed by atoms with Gasteiger partial charge in [-0.2, -0.15) is 0 Å². The molecule has 1 fully saturated rings. The lowest BCUT2D eigenvalue weighted by atomic mass is 9.64. The summed E-state index contributed by atoms with van der Waals surface area (Å²) in [6, 6.07) is 26.3. The minimum Gasteiger partial charge on any atom is -0.497 e. The Labute approximate surface area is 263 Å². The molecule has 0 saturated carbocycles. The van der Waals surface area contributed by atoms with Crippen LogP contribution in [0.5, 0.6) is 11.5 Å². The number of anilines is 1. The Kier molecular flexibility index (Phi) is 6.96. The SMILES string of the molecule is COc1ccc(OC)c([C@H]2[C@H](C(=O)c3ccc(CC(C)C)cc3)N3c4ccccc4C=C[C@H]3C23C(=O)c2ccccc2C3=O)c1. The van der Waals surface area contributed by atoms with Crippen LogP contribution in [0, 0.1) is 11.3 Å². The molecule has 6 nitrogen and oxygen atoms in total. The van der Waals surface area contributed by atoms with Gasteiger partial charge in [-0.05, 0) is 47.7 Å². The molecule has 226 valence electrons. The zero-order valence-corrected chi connectivity index (χ0v) is 25.8. The lowest BCUT2D eigenvalue weighted by Gasteiger charge is -2.37. The highest BCUT2D eigenvalue weighted by Gasteiger charge is 2.72. The quantitative estimate of drug-likeness (QED) is 0.166. The van der Waals surface area contributed by atoms with E-state index in [1.165, 1.54) is 0 Å². The topological polar surface area (TPSA) is 72.9 Å². The van der Waals surface area contributed by atoms with Crippen molar-refractivity contribution in [1.82, 2.24) is 0 Å². The average molecular weight is 598 g/mol. The van der Waals surface area contributed by atoms with Crippen LogP contribution in [-0.4, -0.2) is 43.7 Å². The normalized spacial score (nSPS) is 20.7. The minimum absolute atomic E-state index is 0.162. The molecule has 0 radical (unpaired) electrons. The molecule has 4 aromatic carbocycles. The van der Waals surface area contributed by atoms with Gasteiger partial charge in [0, 0.05) is 33.9 Å². The molecule has 2 aliphatic heterocycles. The first-order valence-electron chi connectivity index (χ1n) is 15.4. The maximum atomic E-state index is 15.0. The van der Waals surface area contributed by atoms with Crippen LogP contribution in [0.3, 0.4) is 0 Å². The van der Waals surface area contributed by atoms with Gasteiger partial charge in [0.05, 0.1) is 20.3 Å². The summed E-state index contributed by atoms with van der Waals surface area (Å²) in [6.07, 6.45) is 4.80. The second-order valence-corrected chi connectivity index (χ2v) is 12.5. The van der Waals surface area contributed by atoms with Gasteiger partial charge < -0.3 is 14.4 Å². The lowest BCUT2D eigenvalue weighted by molar-refractivity contribution is 0.0664. The summed E-state index contributed by atoms with van der Waals surface area (Å²) in [5, 5.41) is 0. The second-order valence-electron chi connectivity index (χ2n) is 12.5. The number of para-hydroxylation sites is 1. The van der Waals surface area contributed by atoms with Crippen LogP contribution in [0.1, 0.15) is 67.5 Å². The first-order valence-corrected chi connectivity index (χ1v) is 15.4. The summed E-state index contributed by atoms with van der Waals surface area (Å²) in [7, 11) is 3.13. The number of carbonyl (C=O) groups is 3. The van der Waals surface area contributed by atoms with Crippen LogP contribution in [0.2, 0.25) is 0 Å². The van der Waals surface area contributed by atoms with Crippen LogP contribution in [-0.2, 0) is 6.42 Å². The van der Waals surface area contributed by atoms with Gasteiger partial charge in [0.25, 0.3) is 0 Å². The van der Waals surface area contributed by atoms with E-state index in [4.69, 9.17) is 9.47 Å². The monoisotopic (exact) mass is 597 g/mol. The molecule has 1 spiro atoms. The summed E-state index contributed by atoms with van der Waals surface area (Å²) >= 11 is 0. The third kappa shape index (κ3) is 4.19. The molecule has 0 bridgehead atoms. The van der Waals surface area contributed by atoms with Crippen molar-refractivity contribution in [2.75, 3.05) is 19.1 Å². The summed E-state index contributed by atoms with van der Waals surface area (Å²) < 4.78 is 11.5. The first kappa shape index (κ1) is 28.8. The molecule has 0 amide bonds. The van der Waals surface area contributed by atoms with E-state index in [0.29, 0.717) is 39.7 Å². The highest BCUT2D eigenvalue weighted by molar-refractivity contribution is 6.32. The third-order valence-electron chi connectivity index (χ3n) is 9.64. The van der Waals surface area contributed by atoms with E-state index in [0.717, 1.165) is 23.2 Å². The largest absolute Gasteiger partial charge is 0.497 e. The predicted molar refractivity (Wildman–Crippen MR) is 175 cm³/mol. The number of benzene rings is 4. The van der Waals surface area contributed by atoms with E-state index in [9.17, 15) is 9.59 Å². The maximum absolute atomic E-state index is 15.0. The van der Waals surface area contributed by atoms with Gasteiger partial charge in [0.1, 0.15) is 23.0 Å². The molecule has 3 aliphatic rings. The fraction of sp³-hybridized carbons (Fsp3) is 0.256. The number of nitrogens with zero attached hydrogens (tertiary/aromatic N) is 1. The average Bonchev–Trinajstić information content (AvgIpc) is 3.50. The Morgan fingerprint density at radius 2 is 1.51 bits per heavy atom. The molecule has 0 unspecified atom stereocenters. The molecule has 45 heavy (non-hydrogen) atoms. The van der Waals surface area contributed by atoms with E-state index in [2.05, 4.69) is 13.8 Å². The van der Waals surface area contributed by atoms with Crippen LogP contribution in [0.4, 0.5) is 5.69 Å². The molecular weight excluding hydrogens is 562 g/mol. The standard InChI is InChI=1S/C39H35NO5/c1-23(2)21-24-13-15-26(16-14-24)36(41)35-34(30-22-27(44-3)18-19-32(30)45-4)39(37(42)28-10-6-7-11-29(28)38(39)43)33-20-17-25-9-5-8-12-31(25)40(33)35/h5-20,22-23,33-35H,21H2,1-4H3/t33-,34-,35+/m0/s1. The second kappa shape index (κ2) is 10.9. The van der Waals surface area contributed by atoms with Crippen molar-refractivity contribution in [2.45, 2.75) is 38.3 Å². The Hall–Kier alpha value is -4.97. The maximum Gasteiger partial charge on any atom is 0.185 e. The third-order valence-corrected chi connectivity index (χ3v) is 9.64. The molecule has 7 rings (SSSR count). The van der Waals surface area contributed by atoms with E-state index in [1.54, 1.807) is 50.6 Å². The zero-order valence-electron chi connectivity index (χ0n) is 25.8. The summed E-state index contributed by atoms with van der Waals surface area (Å²) in [5.41, 5.74) is 3.13. The Morgan fingerprint density at radius 1 is 0.844 bits per heavy atom. The van der Waals surface area contributed by atoms with E-state index in [1.807, 2.05) is 71.6 Å². The number of hydrogen-bond acceptors (Lipinski definition) is 6. The number of methoxy groups -OCH3 is 2. The Morgan fingerprint density at radius 3 is 2.16 bits per heavy atom. The molecule has 4 aromatic rings. The highest BCUT2D eigenvalue weighted by atomic mass is 16.5. The van der Waals surface area contributed by atoms with Gasteiger partial charge in [0.2, 0.25) is 0 Å². The van der Waals surface area contributed by atoms with E-state index < -0.39 is 23.4 Å². The molecule has 6 heteroatoms. The number of ether oxygens (including phenoxy) is 2. The summed E-state index contributed by atoms with van der Waals surface area (Å²) in [6.45, 7) is 4.33. The number of ketones is 3. The Balaban J connectivity index is 1.52. The fourth-order valence-electron chi connectivity index (χ4n) is 7.79. The zero-order chi connectivity index (χ0) is 31.5. The fourth-order valence-corrected chi connectivity index (χ4v) is 7.79. The van der Waals surface area contributed by atoms with Gasteiger partial charge in [0.15, 0.2) is 17.3 Å². The van der Waals surface area contributed by atoms with Gasteiger partial charge in [-0.25, -0.2) is 0 Å². The molecule has 1 aliphatic carbocycles. The number of rotatable bonds is 7. The van der Waals surface area contributed by atoms with Crippen LogP contribution < -0.4 is 14.4 Å². The molecule has 0 aromatic heterocycles. The van der Waals surface area contributed by atoms with Crippen molar-refractivity contribution in [3.63, 3.8) is 0 Å². The lowest BCUT2D eigenvalue weighted by Crippen LogP contribution is -2.48. The summed E-state index contributed by atoms with van der Waals surface area (Å²) in [5.74, 6) is -0.104. The molecular formula is C39H35NO5. The first-order chi connectivity index (χ1) is 21.8. The number of fused-ring (bicyclic) bond motifs is 5. The van der Waals surface area contributed by atoms with Crippen molar-refractivity contribution < 1.29 is 23.9 Å². The highest BCUT2D eigenvalue weighted by Crippen LogP contribution is 2.62. The predicted octanol–water partition coefficient (Wildman–Crippen LogP) is 7.22. The van der Waals surface area contributed by atoms with Crippen LogP contribution in [0.15, 0.2) is 97.1 Å². The smallest absolute Gasteiger partial charge is 0.185 e. The minimum atomic E-state index is -1.62. The van der Waals surface area contributed by atoms with Crippen molar-refractivity contribution in [3.8, 4) is 11.5 Å². The van der Waals surface area contributed by atoms with Crippen molar-refractivity contribution in [1.29, 1.82) is 0 Å². The molecule has 3 atom stereocenters. The molecule has 0 N–H and O–H groups in total. The van der Waals surface area contributed by atoms with E-state index >= 15 is 4.79 Å². The number of hydrogen-bond donors (Lipinski definition) is 0. The molecule has 1 saturated heterocycles. The molecule has 2 heterocycles. The number of Topliss-reactive ketones (excluding diaryl/α,β-unsaturated/α-hetero) is 3. The van der Waals surface area contributed by atoms with Crippen molar-refractivity contribution in [3.05, 3.63) is 130 Å². The van der Waals surface area contributed by atoms with Gasteiger partial charge in [-0.3, -0.25) is 14.4 Å². The van der Waals surface area contributed by atoms with E-state index in [-0.39, 0.29) is 17.3 Å². The summed E-state index contributed by atoms with van der Waals surface area (Å²) in [4.78, 5) is 46.9. The van der Waals surface area contributed by atoms with Crippen molar-refractivity contribution >= 4 is 29.1 Å². The number of carbonyl (C=O) groups excluding carboxylic acids is 3. The van der Waals surface area contributed by atoms with Crippen LogP contribution in [0.25, 0.3) is 6.08 Å².